The first-order valence-corrected chi connectivity index (χ1v) is 13.9. The molecule has 4 rings (SSSR count). The van der Waals surface area contributed by atoms with E-state index in [1.165, 1.54) is 30.3 Å². The van der Waals surface area contributed by atoms with Crippen molar-refractivity contribution in [2.75, 3.05) is 10.6 Å². The molecule has 0 spiro atoms. The first-order valence-electron chi connectivity index (χ1n) is 12.3. The van der Waals surface area contributed by atoms with Crippen molar-refractivity contribution < 1.29 is 27.9 Å². The summed E-state index contributed by atoms with van der Waals surface area (Å²) in [6, 6.07) is 29.1. The van der Waals surface area contributed by atoms with E-state index in [-0.39, 0.29) is 10.5 Å². The predicted molar refractivity (Wildman–Crippen MR) is 152 cm³/mol. The maximum absolute atomic E-state index is 13.3. The summed E-state index contributed by atoms with van der Waals surface area (Å²) in [4.78, 5) is 36.4. The topological polar surface area (TPSA) is 142 Å². The third kappa shape index (κ3) is 7.33. The third-order valence-electron chi connectivity index (χ3n) is 6.03. The zero-order chi connectivity index (χ0) is 28.5. The number of urea groups is 1. The molecule has 0 saturated carbocycles. The molecule has 4 aromatic carbocycles. The Labute approximate surface area is 231 Å². The van der Waals surface area contributed by atoms with Crippen LogP contribution in [0.25, 0.3) is 0 Å². The quantitative estimate of drug-likeness (QED) is 0.210. The molecule has 1 unspecified atom stereocenters. The maximum Gasteiger partial charge on any atom is 0.319 e. The molecule has 0 heterocycles. The van der Waals surface area contributed by atoms with Crippen molar-refractivity contribution in [3.63, 3.8) is 0 Å². The Balaban J connectivity index is 1.41. The van der Waals surface area contributed by atoms with Gasteiger partial charge in [-0.05, 0) is 53.6 Å². The van der Waals surface area contributed by atoms with Crippen LogP contribution in [-0.2, 0) is 21.2 Å². The molecule has 3 amide bonds. The molecule has 0 fully saturated rings. The minimum Gasteiger partial charge on any atom is -0.481 e. The molecule has 0 aliphatic rings. The van der Waals surface area contributed by atoms with Gasteiger partial charge in [0, 0.05) is 23.5 Å². The van der Waals surface area contributed by atoms with Crippen LogP contribution in [0.5, 0.6) is 0 Å². The number of hydrogen-bond acceptors (Lipinski definition) is 5. The highest BCUT2D eigenvalue weighted by molar-refractivity contribution is 7.91. The van der Waals surface area contributed by atoms with Crippen LogP contribution in [0.15, 0.2) is 114 Å². The normalized spacial score (nSPS) is 11.7. The van der Waals surface area contributed by atoms with Gasteiger partial charge in [-0.25, -0.2) is 13.2 Å². The Hall–Kier alpha value is -4.96. The van der Waals surface area contributed by atoms with Crippen molar-refractivity contribution in [3.05, 3.63) is 126 Å². The van der Waals surface area contributed by atoms with Gasteiger partial charge in [-0.15, -0.1) is 0 Å². The van der Waals surface area contributed by atoms with Gasteiger partial charge < -0.3 is 21.1 Å². The number of hydrogen-bond donors (Lipinski definition) is 4. The maximum atomic E-state index is 13.3. The number of carbonyl (C=O) groups excluding carboxylic acids is 2. The molecule has 40 heavy (non-hydrogen) atoms. The molecule has 0 radical (unpaired) electrons. The van der Waals surface area contributed by atoms with Gasteiger partial charge in [-0.3, -0.25) is 9.59 Å². The van der Waals surface area contributed by atoms with Crippen LogP contribution >= 0.6 is 0 Å². The summed E-state index contributed by atoms with van der Waals surface area (Å²) < 4.78 is 26.6. The second-order valence-electron chi connectivity index (χ2n) is 8.89. The van der Waals surface area contributed by atoms with Gasteiger partial charge >= 0.3 is 12.0 Å². The number of aliphatic carboxylic acids is 1. The van der Waals surface area contributed by atoms with Crippen LogP contribution in [0.2, 0.25) is 0 Å². The lowest BCUT2D eigenvalue weighted by atomic mass is 10.1. The lowest BCUT2D eigenvalue weighted by molar-refractivity contribution is -0.137. The van der Waals surface area contributed by atoms with Crippen LogP contribution in [0.1, 0.15) is 33.2 Å². The highest BCUT2D eigenvalue weighted by Crippen LogP contribution is 2.32. The molecule has 204 valence electrons. The minimum absolute atomic E-state index is 0.0617. The molecule has 1 atom stereocenters. The lowest BCUT2D eigenvalue weighted by Crippen LogP contribution is -2.28. The van der Waals surface area contributed by atoms with E-state index in [4.69, 9.17) is 0 Å². The zero-order valence-electron chi connectivity index (χ0n) is 21.3. The van der Waals surface area contributed by atoms with Gasteiger partial charge in [0.1, 0.15) is 5.25 Å². The minimum atomic E-state index is -4.03. The fraction of sp³-hybridized carbons (Fsp3) is 0.100. The summed E-state index contributed by atoms with van der Waals surface area (Å²) in [5.74, 6) is -1.69. The summed E-state index contributed by atoms with van der Waals surface area (Å²) in [6.07, 6.45) is -0.584. The largest absolute Gasteiger partial charge is 0.481 e. The molecular formula is C30H27N3O6S. The van der Waals surface area contributed by atoms with E-state index in [9.17, 15) is 27.9 Å². The molecule has 0 aromatic heterocycles. The van der Waals surface area contributed by atoms with Gasteiger partial charge in [0.2, 0.25) is 0 Å². The zero-order valence-corrected chi connectivity index (χ0v) is 22.1. The molecule has 10 heteroatoms. The Morgan fingerprint density at radius 3 is 2.02 bits per heavy atom. The number of carboxylic acid groups (broad SMARTS) is 1. The van der Waals surface area contributed by atoms with E-state index in [2.05, 4.69) is 16.0 Å². The standard InChI is InChI=1S/C30H27N3O6S/c34-28(35)19-27(22-10-5-2-6-11-22)40(38,39)26-16-14-24(15-17-26)32-29(36)23-12-7-13-25(18-23)33-30(37)31-20-21-8-3-1-4-9-21/h1-18,27H,19-20H2,(H,32,36)(H,34,35)(H2,31,33,37). The van der Waals surface area contributed by atoms with E-state index >= 15 is 0 Å². The first kappa shape index (κ1) is 28.1. The summed E-state index contributed by atoms with van der Waals surface area (Å²) in [5.41, 5.74) is 2.37. The van der Waals surface area contributed by atoms with Crippen LogP contribution in [0.4, 0.5) is 16.2 Å². The van der Waals surface area contributed by atoms with Gasteiger partial charge in [0.05, 0.1) is 11.3 Å². The summed E-state index contributed by atoms with van der Waals surface area (Å²) in [6.45, 7) is 0.348. The van der Waals surface area contributed by atoms with E-state index in [1.807, 2.05) is 30.3 Å². The van der Waals surface area contributed by atoms with Crippen molar-refractivity contribution in [1.82, 2.24) is 5.32 Å². The highest BCUT2D eigenvalue weighted by Gasteiger charge is 2.31. The van der Waals surface area contributed by atoms with Crippen LogP contribution in [0, 0.1) is 0 Å². The van der Waals surface area contributed by atoms with Gasteiger partial charge in [0.25, 0.3) is 5.91 Å². The van der Waals surface area contributed by atoms with Gasteiger partial charge in [-0.2, -0.15) is 0 Å². The highest BCUT2D eigenvalue weighted by atomic mass is 32.2. The van der Waals surface area contributed by atoms with Gasteiger partial charge in [0.15, 0.2) is 9.84 Å². The number of nitrogens with one attached hydrogen (secondary N) is 3. The number of amides is 3. The monoisotopic (exact) mass is 557 g/mol. The van der Waals surface area contributed by atoms with E-state index < -0.39 is 39.4 Å². The van der Waals surface area contributed by atoms with Crippen LogP contribution in [0.3, 0.4) is 0 Å². The molecule has 0 saturated heterocycles. The van der Waals surface area contributed by atoms with Gasteiger partial charge in [-0.1, -0.05) is 66.7 Å². The fourth-order valence-electron chi connectivity index (χ4n) is 4.02. The molecular weight excluding hydrogens is 530 g/mol. The average Bonchev–Trinajstić information content (AvgIpc) is 2.96. The molecule has 4 N–H and O–H groups in total. The Kier molecular flexibility index (Phi) is 8.93. The summed E-state index contributed by atoms with van der Waals surface area (Å²) >= 11 is 0. The molecule has 4 aromatic rings. The van der Waals surface area contributed by atoms with Crippen LogP contribution < -0.4 is 16.0 Å². The van der Waals surface area contributed by atoms with Crippen molar-refractivity contribution in [2.45, 2.75) is 23.1 Å². The summed E-state index contributed by atoms with van der Waals surface area (Å²) in [5, 5.41) is 16.2. The van der Waals surface area contributed by atoms with Crippen molar-refractivity contribution in [2.24, 2.45) is 0 Å². The molecule has 0 aliphatic heterocycles. The Morgan fingerprint density at radius 2 is 1.38 bits per heavy atom. The first-order chi connectivity index (χ1) is 19.2. The number of carboxylic acids is 1. The summed E-state index contributed by atoms with van der Waals surface area (Å²) in [7, 11) is -4.03. The number of rotatable bonds is 10. The second kappa shape index (κ2) is 12.7. The van der Waals surface area contributed by atoms with Crippen molar-refractivity contribution >= 4 is 39.1 Å². The predicted octanol–water partition coefficient (Wildman–Crippen LogP) is 5.25. The fourth-order valence-corrected chi connectivity index (χ4v) is 5.74. The number of carbonyl (C=O) groups is 3. The molecule has 9 nitrogen and oxygen atoms in total. The number of benzene rings is 4. The smallest absolute Gasteiger partial charge is 0.319 e. The average molecular weight is 558 g/mol. The molecule has 0 aliphatic carbocycles. The second-order valence-corrected chi connectivity index (χ2v) is 11.0. The Morgan fingerprint density at radius 1 is 0.725 bits per heavy atom. The van der Waals surface area contributed by atoms with Crippen molar-refractivity contribution in [3.8, 4) is 0 Å². The number of anilines is 2. The molecule has 0 bridgehead atoms. The van der Waals surface area contributed by atoms with E-state index in [0.717, 1.165) is 5.56 Å². The SMILES string of the molecule is O=C(O)CC(c1ccccc1)S(=O)(=O)c1ccc(NC(=O)c2cccc(NC(=O)NCc3ccccc3)c2)cc1. The Bertz CT molecular complexity index is 1590. The van der Waals surface area contributed by atoms with Crippen LogP contribution in [-0.4, -0.2) is 31.4 Å². The van der Waals surface area contributed by atoms with E-state index in [0.29, 0.717) is 23.5 Å². The third-order valence-corrected chi connectivity index (χ3v) is 8.14. The van der Waals surface area contributed by atoms with Crippen molar-refractivity contribution in [1.29, 1.82) is 0 Å². The number of sulfone groups is 1. The lowest BCUT2D eigenvalue weighted by Gasteiger charge is -2.17. The van der Waals surface area contributed by atoms with E-state index in [1.54, 1.807) is 48.5 Å².